The number of aryl methyl sites for hydroxylation is 1. The second-order valence-electron chi connectivity index (χ2n) is 6.77. The van der Waals surface area contributed by atoms with E-state index in [1.54, 1.807) is 9.58 Å². The van der Waals surface area contributed by atoms with Crippen molar-refractivity contribution in [3.05, 3.63) is 69.2 Å². The van der Waals surface area contributed by atoms with Crippen molar-refractivity contribution in [1.29, 1.82) is 0 Å². The van der Waals surface area contributed by atoms with Gasteiger partial charge < -0.3 is 9.88 Å². The SMILES string of the molecule is Cc1ccc(-n2nnc(CC(=O)N3CCc4c(nc[nH]c4=O)C3)c2C)cc1. The highest BCUT2D eigenvalue weighted by Crippen LogP contribution is 2.17. The maximum absolute atomic E-state index is 12.7. The number of hydrogen-bond donors (Lipinski definition) is 1. The van der Waals surface area contributed by atoms with Crippen LogP contribution in [0.3, 0.4) is 0 Å². The number of rotatable bonds is 3. The van der Waals surface area contributed by atoms with Crippen molar-refractivity contribution in [2.75, 3.05) is 6.54 Å². The summed E-state index contributed by atoms with van der Waals surface area (Å²) in [5.74, 6) is -0.0400. The third-order valence-corrected chi connectivity index (χ3v) is 4.95. The number of nitrogens with one attached hydrogen (secondary N) is 1. The molecule has 4 rings (SSSR count). The first kappa shape index (κ1) is 17.1. The summed E-state index contributed by atoms with van der Waals surface area (Å²) < 4.78 is 1.74. The minimum Gasteiger partial charge on any atom is -0.336 e. The lowest BCUT2D eigenvalue weighted by Crippen LogP contribution is -2.39. The quantitative estimate of drug-likeness (QED) is 0.750. The lowest BCUT2D eigenvalue weighted by atomic mass is 10.1. The number of hydrogen-bond acceptors (Lipinski definition) is 5. The molecule has 2 aromatic heterocycles. The van der Waals surface area contributed by atoms with Gasteiger partial charge in [0.1, 0.15) is 0 Å². The Morgan fingerprint density at radius 3 is 2.78 bits per heavy atom. The normalized spacial score (nSPS) is 13.5. The van der Waals surface area contributed by atoms with Crippen LogP contribution in [0.1, 0.15) is 28.2 Å². The lowest BCUT2D eigenvalue weighted by Gasteiger charge is -2.27. The van der Waals surface area contributed by atoms with Crippen LogP contribution in [0.2, 0.25) is 0 Å². The Morgan fingerprint density at radius 1 is 1.22 bits per heavy atom. The third-order valence-electron chi connectivity index (χ3n) is 4.95. The first-order valence-electron chi connectivity index (χ1n) is 8.84. The fourth-order valence-corrected chi connectivity index (χ4v) is 3.29. The van der Waals surface area contributed by atoms with Gasteiger partial charge in [0.25, 0.3) is 5.56 Å². The zero-order valence-corrected chi connectivity index (χ0v) is 15.3. The van der Waals surface area contributed by atoms with Crippen LogP contribution in [0, 0.1) is 13.8 Å². The van der Waals surface area contributed by atoms with E-state index >= 15 is 0 Å². The first-order chi connectivity index (χ1) is 13.0. The number of nitrogens with zero attached hydrogens (tertiary/aromatic N) is 5. The van der Waals surface area contributed by atoms with E-state index in [-0.39, 0.29) is 17.9 Å². The van der Waals surface area contributed by atoms with E-state index in [1.165, 1.54) is 11.9 Å². The predicted octanol–water partition coefficient (Wildman–Crippen LogP) is 1.09. The van der Waals surface area contributed by atoms with Crippen molar-refractivity contribution in [2.45, 2.75) is 33.2 Å². The zero-order chi connectivity index (χ0) is 19.0. The van der Waals surface area contributed by atoms with Gasteiger partial charge in [-0.3, -0.25) is 9.59 Å². The molecule has 0 saturated carbocycles. The van der Waals surface area contributed by atoms with E-state index in [9.17, 15) is 9.59 Å². The maximum atomic E-state index is 12.7. The van der Waals surface area contributed by atoms with Crippen molar-refractivity contribution in [3.63, 3.8) is 0 Å². The number of amides is 1. The Hall–Kier alpha value is -3.29. The molecule has 3 aromatic rings. The van der Waals surface area contributed by atoms with Gasteiger partial charge in [0, 0.05) is 12.1 Å². The van der Waals surface area contributed by atoms with Gasteiger partial charge in [-0.25, -0.2) is 9.67 Å². The molecule has 0 unspecified atom stereocenters. The number of carbonyl (C=O) groups is 1. The average molecular weight is 364 g/mol. The first-order valence-corrected chi connectivity index (χ1v) is 8.84. The molecule has 8 heteroatoms. The van der Waals surface area contributed by atoms with Gasteiger partial charge >= 0.3 is 0 Å². The van der Waals surface area contributed by atoms with Crippen LogP contribution < -0.4 is 5.56 Å². The molecule has 1 aromatic carbocycles. The molecule has 0 aliphatic carbocycles. The summed E-state index contributed by atoms with van der Waals surface area (Å²) in [6.07, 6.45) is 2.07. The monoisotopic (exact) mass is 364 g/mol. The van der Waals surface area contributed by atoms with Crippen LogP contribution >= 0.6 is 0 Å². The molecule has 0 saturated heterocycles. The molecular formula is C19H20N6O2. The van der Waals surface area contributed by atoms with E-state index in [4.69, 9.17) is 0 Å². The molecule has 0 radical (unpaired) electrons. The minimum atomic E-state index is -0.121. The van der Waals surface area contributed by atoms with Gasteiger partial charge in [-0.05, 0) is 32.4 Å². The van der Waals surface area contributed by atoms with Gasteiger partial charge in [-0.15, -0.1) is 5.10 Å². The van der Waals surface area contributed by atoms with Crippen LogP contribution in [0.25, 0.3) is 5.69 Å². The van der Waals surface area contributed by atoms with Crippen molar-refractivity contribution >= 4 is 5.91 Å². The van der Waals surface area contributed by atoms with Gasteiger partial charge in [-0.1, -0.05) is 22.9 Å². The number of aromatic amines is 1. The number of aromatic nitrogens is 5. The van der Waals surface area contributed by atoms with Crippen molar-refractivity contribution in [3.8, 4) is 5.69 Å². The molecule has 8 nitrogen and oxygen atoms in total. The molecule has 0 spiro atoms. The van der Waals surface area contributed by atoms with Crippen LogP contribution in [-0.4, -0.2) is 42.3 Å². The summed E-state index contributed by atoms with van der Waals surface area (Å²) in [5, 5.41) is 8.40. The molecule has 1 amide bonds. The van der Waals surface area contributed by atoms with E-state index in [0.29, 0.717) is 36.5 Å². The maximum Gasteiger partial charge on any atom is 0.254 e. The highest BCUT2D eigenvalue weighted by molar-refractivity contribution is 5.78. The molecule has 138 valence electrons. The van der Waals surface area contributed by atoms with Crippen molar-refractivity contribution in [1.82, 2.24) is 29.9 Å². The molecule has 27 heavy (non-hydrogen) atoms. The number of benzene rings is 1. The Balaban J connectivity index is 1.51. The third kappa shape index (κ3) is 3.25. The molecule has 0 fully saturated rings. The van der Waals surface area contributed by atoms with Gasteiger partial charge in [0.15, 0.2) is 0 Å². The molecule has 0 bridgehead atoms. The lowest BCUT2D eigenvalue weighted by molar-refractivity contribution is -0.131. The Kier molecular flexibility index (Phi) is 4.31. The number of carbonyl (C=O) groups excluding carboxylic acids is 1. The Labute approximate surface area is 155 Å². The summed E-state index contributed by atoms with van der Waals surface area (Å²) >= 11 is 0. The molecule has 3 heterocycles. The largest absolute Gasteiger partial charge is 0.336 e. The van der Waals surface area contributed by atoms with E-state index in [0.717, 1.165) is 11.4 Å². The minimum absolute atomic E-state index is 0.0400. The standard InChI is InChI=1S/C19H20N6O2/c1-12-3-5-14(6-4-12)25-13(2)16(22-23-25)9-18(26)24-8-7-15-17(10-24)20-11-21-19(15)27/h3-6,11H,7-10H2,1-2H3,(H,20,21,27). The molecular weight excluding hydrogens is 344 g/mol. The van der Waals surface area contributed by atoms with Crippen LogP contribution in [-0.2, 0) is 24.2 Å². The Morgan fingerprint density at radius 2 is 2.00 bits per heavy atom. The van der Waals surface area contributed by atoms with Crippen LogP contribution in [0.5, 0.6) is 0 Å². The smallest absolute Gasteiger partial charge is 0.254 e. The second kappa shape index (κ2) is 6.79. The summed E-state index contributed by atoms with van der Waals surface area (Å²) in [6.45, 7) is 4.80. The molecule has 1 aliphatic heterocycles. The summed E-state index contributed by atoms with van der Waals surface area (Å²) in [6, 6.07) is 7.99. The molecule has 1 aliphatic rings. The van der Waals surface area contributed by atoms with E-state index in [2.05, 4.69) is 20.3 Å². The van der Waals surface area contributed by atoms with Gasteiger partial charge in [-0.2, -0.15) is 0 Å². The van der Waals surface area contributed by atoms with E-state index < -0.39 is 0 Å². The van der Waals surface area contributed by atoms with Gasteiger partial charge in [0.2, 0.25) is 5.91 Å². The van der Waals surface area contributed by atoms with Crippen LogP contribution in [0.15, 0.2) is 35.4 Å². The fraction of sp³-hybridized carbons (Fsp3) is 0.316. The fourth-order valence-electron chi connectivity index (χ4n) is 3.29. The predicted molar refractivity (Wildman–Crippen MR) is 98.5 cm³/mol. The second-order valence-corrected chi connectivity index (χ2v) is 6.77. The topological polar surface area (TPSA) is 96.8 Å². The van der Waals surface area contributed by atoms with Crippen LogP contribution in [0.4, 0.5) is 0 Å². The Bertz CT molecular complexity index is 1050. The number of H-pyrrole nitrogens is 1. The summed E-state index contributed by atoms with van der Waals surface area (Å²) in [7, 11) is 0. The molecule has 1 N–H and O–H groups in total. The van der Waals surface area contributed by atoms with Crippen molar-refractivity contribution < 1.29 is 4.79 Å². The summed E-state index contributed by atoms with van der Waals surface area (Å²) in [5.41, 5.74) is 4.80. The highest BCUT2D eigenvalue weighted by Gasteiger charge is 2.25. The summed E-state index contributed by atoms with van der Waals surface area (Å²) in [4.78, 5) is 33.1. The average Bonchev–Trinajstić information content (AvgIpc) is 3.03. The van der Waals surface area contributed by atoms with Gasteiger partial charge in [0.05, 0.1) is 42.1 Å². The highest BCUT2D eigenvalue weighted by atomic mass is 16.2. The molecule has 0 atom stereocenters. The zero-order valence-electron chi connectivity index (χ0n) is 15.3. The van der Waals surface area contributed by atoms with Crippen molar-refractivity contribution in [2.24, 2.45) is 0 Å². The van der Waals surface area contributed by atoms with E-state index in [1.807, 2.05) is 38.1 Å². The number of fused-ring (bicyclic) bond motifs is 1.